The van der Waals surface area contributed by atoms with Crippen LogP contribution in [0.2, 0.25) is 0 Å². The summed E-state index contributed by atoms with van der Waals surface area (Å²) >= 11 is 1.67. The molecule has 0 saturated heterocycles. The van der Waals surface area contributed by atoms with E-state index < -0.39 is 0 Å². The van der Waals surface area contributed by atoms with Crippen LogP contribution >= 0.6 is 11.3 Å². The van der Waals surface area contributed by atoms with E-state index in [9.17, 15) is 0 Å². The fourth-order valence-corrected chi connectivity index (χ4v) is 3.52. The van der Waals surface area contributed by atoms with Crippen molar-refractivity contribution < 1.29 is 4.42 Å². The zero-order valence-corrected chi connectivity index (χ0v) is 12.4. The molecule has 0 atom stereocenters. The van der Waals surface area contributed by atoms with Gasteiger partial charge >= 0.3 is 0 Å². The molecule has 0 spiro atoms. The van der Waals surface area contributed by atoms with Gasteiger partial charge in [-0.05, 0) is 37.1 Å². The van der Waals surface area contributed by atoms with Gasteiger partial charge < -0.3 is 9.73 Å². The van der Waals surface area contributed by atoms with Gasteiger partial charge in [0.2, 0.25) is 0 Å². The van der Waals surface area contributed by atoms with E-state index in [2.05, 4.69) is 28.5 Å². The van der Waals surface area contributed by atoms with Crippen LogP contribution in [0.3, 0.4) is 0 Å². The highest BCUT2D eigenvalue weighted by atomic mass is 32.1. The molecule has 4 heteroatoms. The molecule has 1 aromatic carbocycles. The zero-order chi connectivity index (χ0) is 14.1. The first-order valence-electron chi connectivity index (χ1n) is 7.21. The van der Waals surface area contributed by atoms with Crippen molar-refractivity contribution in [2.75, 3.05) is 0 Å². The fourth-order valence-electron chi connectivity index (χ4n) is 2.59. The van der Waals surface area contributed by atoms with E-state index >= 15 is 0 Å². The summed E-state index contributed by atoms with van der Waals surface area (Å²) in [6, 6.07) is 12.8. The average Bonchev–Trinajstić information content (AvgIpc) is 3.24. The molecular formula is C17H16N2OS. The van der Waals surface area contributed by atoms with Crippen molar-refractivity contribution in [1.29, 1.82) is 0 Å². The number of furan rings is 1. The summed E-state index contributed by atoms with van der Waals surface area (Å²) in [5.74, 6) is 1.83. The van der Waals surface area contributed by atoms with Crippen LogP contribution in [0, 0.1) is 0 Å². The summed E-state index contributed by atoms with van der Waals surface area (Å²) in [4.78, 5) is 4.63. The quantitative estimate of drug-likeness (QED) is 0.727. The van der Waals surface area contributed by atoms with E-state index in [1.807, 2.05) is 30.3 Å². The number of thiazole rings is 1. The lowest BCUT2D eigenvalue weighted by Gasteiger charge is -2.09. The summed E-state index contributed by atoms with van der Waals surface area (Å²) < 4.78 is 7.12. The summed E-state index contributed by atoms with van der Waals surface area (Å²) in [5, 5.41) is 4.47. The van der Waals surface area contributed by atoms with Crippen molar-refractivity contribution in [2.45, 2.75) is 25.4 Å². The molecule has 0 amide bonds. The third-order valence-electron chi connectivity index (χ3n) is 3.74. The highest BCUT2D eigenvalue weighted by molar-refractivity contribution is 7.21. The van der Waals surface area contributed by atoms with Gasteiger partial charge in [-0.25, -0.2) is 4.98 Å². The van der Waals surface area contributed by atoms with E-state index in [1.165, 1.54) is 4.70 Å². The highest BCUT2D eigenvalue weighted by Crippen LogP contribution is 2.31. The Bertz CT molecular complexity index is 746. The fraction of sp³-hybridized carbons (Fsp3) is 0.235. The van der Waals surface area contributed by atoms with Crippen LogP contribution < -0.4 is 5.32 Å². The molecule has 0 saturated carbocycles. The van der Waals surface area contributed by atoms with Crippen molar-refractivity contribution in [3.8, 4) is 10.8 Å². The normalized spacial score (nSPS) is 15.2. The van der Waals surface area contributed by atoms with Gasteiger partial charge in [0.05, 0.1) is 16.8 Å². The molecule has 3 aromatic rings. The molecule has 4 rings (SSSR count). The molecule has 21 heavy (non-hydrogen) atoms. The van der Waals surface area contributed by atoms with Gasteiger partial charge in [0.15, 0.2) is 10.8 Å². The lowest BCUT2D eigenvalue weighted by atomic mass is 10.2. The smallest absolute Gasteiger partial charge is 0.163 e. The molecule has 1 aliphatic carbocycles. The van der Waals surface area contributed by atoms with Crippen molar-refractivity contribution in [2.24, 2.45) is 0 Å². The summed E-state index contributed by atoms with van der Waals surface area (Å²) in [7, 11) is 0. The molecule has 0 unspecified atom stereocenters. The van der Waals surface area contributed by atoms with Crippen LogP contribution in [-0.2, 0) is 6.54 Å². The van der Waals surface area contributed by atoms with Gasteiger partial charge in [-0.2, -0.15) is 0 Å². The largest absolute Gasteiger partial charge is 0.457 e. The first kappa shape index (κ1) is 12.8. The second-order valence-electron chi connectivity index (χ2n) is 5.27. The van der Waals surface area contributed by atoms with Crippen molar-refractivity contribution in [3.05, 3.63) is 54.3 Å². The minimum absolute atomic E-state index is 0.556. The summed E-state index contributed by atoms with van der Waals surface area (Å²) in [6.45, 7) is 0.775. The molecule has 1 N–H and O–H groups in total. The Hall–Kier alpha value is -1.91. The number of para-hydroxylation sites is 1. The Morgan fingerprint density at radius 3 is 2.86 bits per heavy atom. The molecule has 2 aromatic heterocycles. The molecule has 2 heterocycles. The standard InChI is InChI=1S/C17H16N2OS/c1-2-6-12(5-1)18-11-13-9-10-15(20-13)17-19-14-7-3-4-8-16(14)21-17/h1-4,7-10,12,18H,5-6,11H2. The van der Waals surface area contributed by atoms with Gasteiger partial charge in [0, 0.05) is 6.04 Å². The van der Waals surface area contributed by atoms with E-state index in [-0.39, 0.29) is 0 Å². The monoisotopic (exact) mass is 296 g/mol. The Morgan fingerprint density at radius 2 is 2.00 bits per heavy atom. The van der Waals surface area contributed by atoms with E-state index in [0.29, 0.717) is 6.04 Å². The predicted molar refractivity (Wildman–Crippen MR) is 86.3 cm³/mol. The number of hydrogen-bond donors (Lipinski definition) is 1. The van der Waals surface area contributed by atoms with E-state index in [4.69, 9.17) is 4.42 Å². The zero-order valence-electron chi connectivity index (χ0n) is 11.6. The maximum Gasteiger partial charge on any atom is 0.163 e. The second-order valence-corrected chi connectivity index (χ2v) is 6.30. The third kappa shape index (κ3) is 2.64. The maximum absolute atomic E-state index is 5.92. The first-order valence-corrected chi connectivity index (χ1v) is 8.03. The SMILES string of the molecule is C1=CCC(NCc2ccc(-c3nc4ccccc4s3)o2)C1. The molecule has 0 aliphatic heterocycles. The first-order chi connectivity index (χ1) is 10.4. The molecule has 1 aliphatic rings. The van der Waals surface area contributed by atoms with Crippen LogP contribution in [0.25, 0.3) is 21.0 Å². The van der Waals surface area contributed by atoms with Crippen molar-refractivity contribution in [1.82, 2.24) is 10.3 Å². The Morgan fingerprint density at radius 1 is 1.14 bits per heavy atom. The van der Waals surface area contributed by atoms with Gasteiger partial charge in [-0.15, -0.1) is 11.3 Å². The lowest BCUT2D eigenvalue weighted by molar-refractivity contribution is 0.457. The summed E-state index contributed by atoms with van der Waals surface area (Å²) in [5.41, 5.74) is 1.03. The highest BCUT2D eigenvalue weighted by Gasteiger charge is 2.12. The predicted octanol–water partition coefficient (Wildman–Crippen LogP) is 4.36. The number of hydrogen-bond acceptors (Lipinski definition) is 4. The van der Waals surface area contributed by atoms with Gasteiger partial charge in [0.25, 0.3) is 0 Å². The molecule has 0 radical (unpaired) electrons. The number of fused-ring (bicyclic) bond motifs is 1. The number of aromatic nitrogens is 1. The minimum atomic E-state index is 0.556. The van der Waals surface area contributed by atoms with Crippen LogP contribution in [-0.4, -0.2) is 11.0 Å². The Labute approximate surface area is 127 Å². The Kier molecular flexibility index (Phi) is 3.33. The van der Waals surface area contributed by atoms with Crippen LogP contribution in [0.4, 0.5) is 0 Å². The number of nitrogens with one attached hydrogen (secondary N) is 1. The van der Waals surface area contributed by atoms with Crippen LogP contribution in [0.5, 0.6) is 0 Å². The molecule has 3 nitrogen and oxygen atoms in total. The van der Waals surface area contributed by atoms with Crippen LogP contribution in [0.1, 0.15) is 18.6 Å². The lowest BCUT2D eigenvalue weighted by Crippen LogP contribution is -2.25. The number of nitrogens with zero attached hydrogens (tertiary/aromatic N) is 1. The molecule has 0 bridgehead atoms. The third-order valence-corrected chi connectivity index (χ3v) is 4.79. The molecule has 106 valence electrons. The minimum Gasteiger partial charge on any atom is -0.457 e. The van der Waals surface area contributed by atoms with E-state index in [1.54, 1.807) is 11.3 Å². The topological polar surface area (TPSA) is 38.1 Å². The summed E-state index contributed by atoms with van der Waals surface area (Å²) in [6.07, 6.45) is 6.69. The average molecular weight is 296 g/mol. The van der Waals surface area contributed by atoms with Gasteiger partial charge in [-0.1, -0.05) is 24.3 Å². The van der Waals surface area contributed by atoms with Gasteiger partial charge in [0.1, 0.15) is 5.76 Å². The number of rotatable bonds is 4. The van der Waals surface area contributed by atoms with Gasteiger partial charge in [-0.3, -0.25) is 0 Å². The second kappa shape index (κ2) is 5.47. The Balaban J connectivity index is 1.50. The van der Waals surface area contributed by atoms with E-state index in [0.717, 1.165) is 41.4 Å². The van der Waals surface area contributed by atoms with Crippen molar-refractivity contribution >= 4 is 21.6 Å². The van der Waals surface area contributed by atoms with Crippen LogP contribution in [0.15, 0.2) is 53.0 Å². The number of benzene rings is 1. The maximum atomic E-state index is 5.92. The van der Waals surface area contributed by atoms with Crippen molar-refractivity contribution in [3.63, 3.8) is 0 Å². The molecule has 0 fully saturated rings. The molecular weight excluding hydrogens is 280 g/mol.